The summed E-state index contributed by atoms with van der Waals surface area (Å²) in [7, 11) is -3.26. The molecule has 6 heteroatoms. The first-order valence-electron chi connectivity index (χ1n) is 5.54. The van der Waals surface area contributed by atoms with Crippen LogP contribution in [0.1, 0.15) is 26.2 Å². The van der Waals surface area contributed by atoms with Gasteiger partial charge in [-0.15, -0.1) is 12.4 Å². The zero-order valence-corrected chi connectivity index (χ0v) is 11.6. The summed E-state index contributed by atoms with van der Waals surface area (Å²) in [4.78, 5) is 2.39. The first-order valence-corrected chi connectivity index (χ1v) is 7.36. The molecule has 1 rings (SSSR count). The van der Waals surface area contributed by atoms with Crippen molar-refractivity contribution < 1.29 is 12.6 Å². The summed E-state index contributed by atoms with van der Waals surface area (Å²) in [5, 5.41) is 0. The van der Waals surface area contributed by atoms with Crippen LogP contribution in [0.25, 0.3) is 0 Å². The average Bonchev–Trinajstić information content (AvgIpc) is 2.11. The highest BCUT2D eigenvalue weighted by atomic mass is 35.5. The lowest BCUT2D eigenvalue weighted by atomic mass is 10.0. The number of nitrogens with zero attached hydrogens (tertiary/aromatic N) is 1. The first-order chi connectivity index (χ1) is 6.97. The monoisotopic (exact) mass is 271 g/mol. The van der Waals surface area contributed by atoms with Gasteiger partial charge in [0.25, 0.3) is 10.1 Å². The molecule has 0 aromatic carbocycles. The highest BCUT2D eigenvalue weighted by Gasteiger charge is 2.15. The molecular formula is C10H22ClNO3S. The highest BCUT2D eigenvalue weighted by Crippen LogP contribution is 2.15. The van der Waals surface area contributed by atoms with Crippen LogP contribution >= 0.6 is 12.4 Å². The van der Waals surface area contributed by atoms with Gasteiger partial charge in [0, 0.05) is 13.1 Å². The van der Waals surface area contributed by atoms with Crippen LogP contribution in [0.4, 0.5) is 0 Å². The van der Waals surface area contributed by atoms with Crippen molar-refractivity contribution in [2.24, 2.45) is 5.92 Å². The van der Waals surface area contributed by atoms with Crippen LogP contribution in [0.15, 0.2) is 0 Å². The molecule has 0 radical (unpaired) electrons. The summed E-state index contributed by atoms with van der Waals surface area (Å²) in [6.07, 6.45) is 4.46. The van der Waals surface area contributed by atoms with Crippen LogP contribution < -0.4 is 0 Å². The van der Waals surface area contributed by atoms with Crippen molar-refractivity contribution in [1.29, 1.82) is 0 Å². The molecule has 0 saturated carbocycles. The first kappa shape index (κ1) is 16.2. The van der Waals surface area contributed by atoms with Gasteiger partial charge >= 0.3 is 0 Å². The van der Waals surface area contributed by atoms with Crippen molar-refractivity contribution in [1.82, 2.24) is 4.90 Å². The van der Waals surface area contributed by atoms with Crippen molar-refractivity contribution in [2.75, 3.05) is 32.5 Å². The van der Waals surface area contributed by atoms with Gasteiger partial charge in [-0.3, -0.25) is 4.18 Å². The van der Waals surface area contributed by atoms with E-state index in [9.17, 15) is 8.42 Å². The van der Waals surface area contributed by atoms with Crippen molar-refractivity contribution in [3.8, 4) is 0 Å². The zero-order chi connectivity index (χ0) is 11.3. The second-order valence-corrected chi connectivity index (χ2v) is 6.07. The summed E-state index contributed by atoms with van der Waals surface area (Å²) >= 11 is 0. The van der Waals surface area contributed by atoms with Gasteiger partial charge in [0.15, 0.2) is 0 Å². The number of hydrogen-bond acceptors (Lipinski definition) is 4. The molecule has 16 heavy (non-hydrogen) atoms. The Morgan fingerprint density at radius 2 is 2.12 bits per heavy atom. The molecule has 0 aromatic heterocycles. The minimum Gasteiger partial charge on any atom is -0.303 e. The Hall–Kier alpha value is 0.160. The molecule has 0 unspecified atom stereocenters. The minimum absolute atomic E-state index is 0. The molecule has 0 N–H and O–H groups in total. The molecule has 4 nitrogen and oxygen atoms in total. The molecule has 98 valence electrons. The van der Waals surface area contributed by atoms with Crippen LogP contribution in [0.2, 0.25) is 0 Å². The van der Waals surface area contributed by atoms with Crippen LogP contribution in [0, 0.1) is 5.92 Å². The Morgan fingerprint density at radius 1 is 1.44 bits per heavy atom. The minimum atomic E-state index is -3.26. The third-order valence-electron chi connectivity index (χ3n) is 2.66. The average molecular weight is 272 g/mol. The number of piperidine rings is 1. The zero-order valence-electron chi connectivity index (χ0n) is 10.0. The molecule has 0 bridgehead atoms. The van der Waals surface area contributed by atoms with Crippen molar-refractivity contribution in [3.05, 3.63) is 0 Å². The SMILES string of the molecule is C[C@H]1CCCN(CCCOS(C)(=O)=O)C1.Cl. The second kappa shape index (κ2) is 7.48. The summed E-state index contributed by atoms with van der Waals surface area (Å²) in [5.41, 5.74) is 0. The second-order valence-electron chi connectivity index (χ2n) is 4.43. The molecule has 1 aliphatic heterocycles. The third kappa shape index (κ3) is 7.44. The van der Waals surface area contributed by atoms with E-state index in [1.807, 2.05) is 0 Å². The quantitative estimate of drug-likeness (QED) is 0.562. The van der Waals surface area contributed by atoms with E-state index in [0.29, 0.717) is 6.61 Å². The van der Waals surface area contributed by atoms with Crippen molar-refractivity contribution in [3.63, 3.8) is 0 Å². The van der Waals surface area contributed by atoms with Crippen LogP contribution in [0.5, 0.6) is 0 Å². The lowest BCUT2D eigenvalue weighted by Gasteiger charge is -2.30. The van der Waals surface area contributed by atoms with Gasteiger partial charge in [-0.25, -0.2) is 0 Å². The summed E-state index contributed by atoms with van der Waals surface area (Å²) in [6, 6.07) is 0. The number of halogens is 1. The number of hydrogen-bond donors (Lipinski definition) is 0. The lowest BCUT2D eigenvalue weighted by Crippen LogP contribution is -2.35. The van der Waals surface area contributed by atoms with E-state index in [1.54, 1.807) is 0 Å². The molecule has 0 spiro atoms. The fraction of sp³-hybridized carbons (Fsp3) is 1.00. The molecule has 1 saturated heterocycles. The lowest BCUT2D eigenvalue weighted by molar-refractivity contribution is 0.171. The molecule has 0 aliphatic carbocycles. The predicted octanol–water partition coefficient (Wildman–Crippen LogP) is 1.51. The van der Waals surface area contributed by atoms with Gasteiger partial charge in [0.2, 0.25) is 0 Å². The topological polar surface area (TPSA) is 46.6 Å². The molecular weight excluding hydrogens is 250 g/mol. The van der Waals surface area contributed by atoms with Crippen molar-refractivity contribution >= 4 is 22.5 Å². The van der Waals surface area contributed by atoms with E-state index in [1.165, 1.54) is 12.8 Å². The molecule has 1 atom stereocenters. The standard InChI is InChI=1S/C10H21NO3S.ClH/c1-10-5-3-6-11(9-10)7-4-8-14-15(2,12)13;/h10H,3-9H2,1-2H3;1H/t10-;/m0./s1. The maximum Gasteiger partial charge on any atom is 0.264 e. The van der Waals surface area contributed by atoms with E-state index < -0.39 is 10.1 Å². The summed E-state index contributed by atoms with van der Waals surface area (Å²) < 4.78 is 26.1. The summed E-state index contributed by atoms with van der Waals surface area (Å²) in [6.45, 7) is 5.80. The number of likely N-dealkylation sites (tertiary alicyclic amines) is 1. The maximum atomic E-state index is 10.7. The fourth-order valence-corrected chi connectivity index (χ4v) is 2.41. The van der Waals surface area contributed by atoms with E-state index in [2.05, 4.69) is 11.8 Å². The largest absolute Gasteiger partial charge is 0.303 e. The number of rotatable bonds is 5. The van der Waals surface area contributed by atoms with E-state index in [-0.39, 0.29) is 12.4 Å². The molecule has 0 aromatic rings. The van der Waals surface area contributed by atoms with Crippen LogP contribution in [-0.4, -0.2) is 45.8 Å². The van der Waals surface area contributed by atoms with Gasteiger partial charge in [0.05, 0.1) is 12.9 Å². The van der Waals surface area contributed by atoms with Gasteiger partial charge in [-0.05, 0) is 31.7 Å². The third-order valence-corrected chi connectivity index (χ3v) is 3.25. The molecule has 1 heterocycles. The van der Waals surface area contributed by atoms with E-state index in [0.717, 1.165) is 38.2 Å². The molecule has 0 amide bonds. The predicted molar refractivity (Wildman–Crippen MR) is 67.5 cm³/mol. The van der Waals surface area contributed by atoms with Crippen LogP contribution in [-0.2, 0) is 14.3 Å². The summed E-state index contributed by atoms with van der Waals surface area (Å²) in [5.74, 6) is 0.773. The Morgan fingerprint density at radius 3 is 2.69 bits per heavy atom. The van der Waals surface area contributed by atoms with Gasteiger partial charge in [-0.1, -0.05) is 6.92 Å². The maximum absolute atomic E-state index is 10.7. The molecule has 1 aliphatic rings. The normalized spacial score (nSPS) is 22.8. The Balaban J connectivity index is 0.00000225. The highest BCUT2D eigenvalue weighted by molar-refractivity contribution is 7.85. The van der Waals surface area contributed by atoms with E-state index >= 15 is 0 Å². The van der Waals surface area contributed by atoms with Crippen LogP contribution in [0.3, 0.4) is 0 Å². The Labute approximate surface area is 105 Å². The Kier molecular flexibility index (Phi) is 7.55. The Bertz CT molecular complexity index is 282. The van der Waals surface area contributed by atoms with Gasteiger partial charge in [-0.2, -0.15) is 8.42 Å². The van der Waals surface area contributed by atoms with Gasteiger partial charge < -0.3 is 4.90 Å². The van der Waals surface area contributed by atoms with Crippen molar-refractivity contribution in [2.45, 2.75) is 26.2 Å². The smallest absolute Gasteiger partial charge is 0.264 e. The van der Waals surface area contributed by atoms with E-state index in [4.69, 9.17) is 4.18 Å². The fourth-order valence-electron chi connectivity index (χ4n) is 1.99. The van der Waals surface area contributed by atoms with Gasteiger partial charge in [0.1, 0.15) is 0 Å². The molecule has 1 fully saturated rings.